The van der Waals surface area contributed by atoms with Gasteiger partial charge in [-0.3, -0.25) is 4.79 Å². The van der Waals surface area contributed by atoms with Gasteiger partial charge in [0.2, 0.25) is 0 Å². The Bertz CT molecular complexity index is 103. The molecule has 0 saturated carbocycles. The number of carbonyl (C=O) groups is 1. The van der Waals surface area contributed by atoms with Crippen molar-refractivity contribution in [3.63, 3.8) is 0 Å². The molecule has 4 radical (unpaired) electrons. The smallest absolute Gasteiger partial charge is 0.156 e. The molecule has 0 heterocycles. The standard InChI is InChI=1S/C5H5O.2HI.In/c6-5-3-1-2-4-5;;;/h4H,1,3H2;2*1H;/p-2. The third kappa shape index (κ3) is 7.64. The fourth-order valence-electron chi connectivity index (χ4n) is 0.454. The second-order valence-corrected chi connectivity index (χ2v) is 1.31. The average Bonchev–Trinajstić information content (AvgIpc) is 1.86. The molecule has 0 bridgehead atoms. The molecular weight excluding hydrogens is 445 g/mol. The molecule has 0 aliphatic heterocycles. The average molecular weight is 450 g/mol. The van der Waals surface area contributed by atoms with Gasteiger partial charge in [-0.2, -0.15) is 0 Å². The van der Waals surface area contributed by atoms with Gasteiger partial charge in [0.05, 0.1) is 0 Å². The summed E-state index contributed by atoms with van der Waals surface area (Å²) in [6.45, 7) is 0. The zero-order chi connectivity index (χ0) is 4.41. The van der Waals surface area contributed by atoms with Crippen molar-refractivity contribution >= 4 is 31.6 Å². The summed E-state index contributed by atoms with van der Waals surface area (Å²) < 4.78 is 0. The molecule has 1 aliphatic carbocycles. The Morgan fingerprint density at radius 1 is 1.44 bits per heavy atom. The van der Waals surface area contributed by atoms with E-state index in [4.69, 9.17) is 0 Å². The molecule has 0 amide bonds. The topological polar surface area (TPSA) is 17.1 Å². The third-order valence-electron chi connectivity index (χ3n) is 0.779. The fraction of sp³-hybridized carbons (Fsp3) is 0.400. The minimum absolute atomic E-state index is 0. The van der Waals surface area contributed by atoms with Crippen LogP contribution in [0, 0.1) is 6.08 Å². The number of ketones is 1. The monoisotopic (exact) mass is 450 g/mol. The molecule has 0 atom stereocenters. The van der Waals surface area contributed by atoms with Crippen molar-refractivity contribution in [1.29, 1.82) is 0 Å². The first-order chi connectivity index (χ1) is 2.89. The summed E-state index contributed by atoms with van der Waals surface area (Å²) in [5.41, 5.74) is 0. The first-order valence-corrected chi connectivity index (χ1v) is 1.99. The fourth-order valence-corrected chi connectivity index (χ4v) is 0.454. The summed E-state index contributed by atoms with van der Waals surface area (Å²) in [5, 5.41) is 0. The van der Waals surface area contributed by atoms with Crippen molar-refractivity contribution in [2.45, 2.75) is 12.8 Å². The maximum absolute atomic E-state index is 10.1. The molecule has 4 heteroatoms. The summed E-state index contributed by atoms with van der Waals surface area (Å²) in [5.74, 6) is 0.218. The molecule has 0 aromatic rings. The van der Waals surface area contributed by atoms with Gasteiger partial charge in [0, 0.05) is 32.3 Å². The van der Waals surface area contributed by atoms with Crippen molar-refractivity contribution in [3.8, 4) is 0 Å². The van der Waals surface area contributed by atoms with Crippen molar-refractivity contribution < 1.29 is 52.7 Å². The third-order valence-corrected chi connectivity index (χ3v) is 0.779. The molecule has 0 fully saturated rings. The van der Waals surface area contributed by atoms with Crippen molar-refractivity contribution in [2.75, 3.05) is 0 Å². The maximum Gasteiger partial charge on any atom is 0.156 e. The second kappa shape index (κ2) is 9.74. The molecule has 0 aromatic carbocycles. The predicted molar refractivity (Wildman–Crippen MR) is 27.8 cm³/mol. The van der Waals surface area contributed by atoms with E-state index in [-0.39, 0.29) is 79.6 Å². The molecule has 0 unspecified atom stereocenters. The molecule has 1 aliphatic rings. The van der Waals surface area contributed by atoms with Crippen LogP contribution in [0.25, 0.3) is 0 Å². The van der Waals surface area contributed by atoms with Crippen LogP contribution in [0.2, 0.25) is 0 Å². The van der Waals surface area contributed by atoms with E-state index in [0.29, 0.717) is 6.42 Å². The van der Waals surface area contributed by atoms with E-state index in [1.54, 1.807) is 0 Å². The van der Waals surface area contributed by atoms with Crippen LogP contribution in [-0.2, 0) is 4.79 Å². The number of carbonyl (C=O) groups excluding carboxylic acids is 1. The molecule has 0 N–H and O–H groups in total. The molecule has 1 nitrogen and oxygen atoms in total. The van der Waals surface area contributed by atoms with E-state index in [0.717, 1.165) is 6.42 Å². The van der Waals surface area contributed by atoms with E-state index in [1.807, 2.05) is 0 Å². The SMILES string of the molecule is O=C1C=[C]CC1.[I-].[I-].[In]. The minimum Gasteiger partial charge on any atom is -1.00 e. The summed E-state index contributed by atoms with van der Waals surface area (Å²) in [7, 11) is 0. The zero-order valence-corrected chi connectivity index (χ0v) is 12.3. The number of hydrogen-bond donors (Lipinski definition) is 0. The number of allylic oxidation sites excluding steroid dienone is 2. The summed E-state index contributed by atoms with van der Waals surface area (Å²) in [6, 6.07) is 0. The van der Waals surface area contributed by atoms with Crippen LogP contribution in [0.3, 0.4) is 0 Å². The number of hydrogen-bond acceptors (Lipinski definition) is 1. The Morgan fingerprint density at radius 2 is 2.00 bits per heavy atom. The minimum atomic E-state index is 0. The van der Waals surface area contributed by atoms with Crippen LogP contribution in [0.15, 0.2) is 6.08 Å². The van der Waals surface area contributed by atoms with Crippen molar-refractivity contribution in [1.82, 2.24) is 0 Å². The van der Waals surface area contributed by atoms with Gasteiger partial charge in [-0.05, 0) is 18.6 Å². The molecular formula is C5H5I2InO-2. The summed E-state index contributed by atoms with van der Waals surface area (Å²) in [4.78, 5) is 10.1. The first-order valence-electron chi connectivity index (χ1n) is 1.99. The summed E-state index contributed by atoms with van der Waals surface area (Å²) >= 11 is 0. The van der Waals surface area contributed by atoms with Crippen molar-refractivity contribution in [2.24, 2.45) is 0 Å². The maximum atomic E-state index is 10.1. The van der Waals surface area contributed by atoms with Crippen LogP contribution < -0.4 is 48.0 Å². The Kier molecular flexibility index (Phi) is 18.4. The van der Waals surface area contributed by atoms with Crippen LogP contribution in [0.4, 0.5) is 0 Å². The van der Waals surface area contributed by atoms with Gasteiger partial charge >= 0.3 is 0 Å². The number of halogens is 2. The molecule has 0 aromatic heterocycles. The Hall–Kier alpha value is 1.74. The van der Waals surface area contributed by atoms with Crippen LogP contribution in [0.1, 0.15) is 12.8 Å². The second-order valence-electron chi connectivity index (χ2n) is 1.31. The van der Waals surface area contributed by atoms with E-state index >= 15 is 0 Å². The van der Waals surface area contributed by atoms with E-state index in [1.165, 1.54) is 6.08 Å². The van der Waals surface area contributed by atoms with Crippen LogP contribution in [-0.4, -0.2) is 31.6 Å². The summed E-state index contributed by atoms with van der Waals surface area (Å²) in [6.07, 6.45) is 5.82. The van der Waals surface area contributed by atoms with Gasteiger partial charge in [0.25, 0.3) is 0 Å². The van der Waals surface area contributed by atoms with Gasteiger partial charge in [0.15, 0.2) is 5.78 Å². The Labute approximate surface area is 108 Å². The van der Waals surface area contributed by atoms with Gasteiger partial charge in [-0.1, -0.05) is 0 Å². The van der Waals surface area contributed by atoms with Gasteiger partial charge in [-0.15, -0.1) is 0 Å². The van der Waals surface area contributed by atoms with Crippen LogP contribution >= 0.6 is 0 Å². The first kappa shape index (κ1) is 17.0. The van der Waals surface area contributed by atoms with E-state index in [9.17, 15) is 4.79 Å². The normalized spacial score (nSPS) is 13.1. The molecule has 0 spiro atoms. The Morgan fingerprint density at radius 3 is 2.11 bits per heavy atom. The van der Waals surface area contributed by atoms with Gasteiger partial charge in [0.1, 0.15) is 0 Å². The molecule has 0 saturated heterocycles. The molecule has 1 rings (SSSR count). The van der Waals surface area contributed by atoms with Crippen molar-refractivity contribution in [3.05, 3.63) is 12.2 Å². The van der Waals surface area contributed by atoms with E-state index < -0.39 is 0 Å². The number of rotatable bonds is 0. The van der Waals surface area contributed by atoms with Crippen LogP contribution in [0.5, 0.6) is 0 Å². The van der Waals surface area contributed by atoms with E-state index in [2.05, 4.69) is 6.08 Å². The Balaban J connectivity index is -0.000000120. The largest absolute Gasteiger partial charge is 1.00 e. The van der Waals surface area contributed by atoms with Gasteiger partial charge < -0.3 is 48.0 Å². The zero-order valence-electron chi connectivity index (χ0n) is 4.73. The molecule has 9 heavy (non-hydrogen) atoms. The quantitative estimate of drug-likeness (QED) is 0.337. The van der Waals surface area contributed by atoms with Gasteiger partial charge in [-0.25, -0.2) is 0 Å². The molecule has 50 valence electrons. The predicted octanol–water partition coefficient (Wildman–Crippen LogP) is -5.66.